The van der Waals surface area contributed by atoms with Crippen molar-refractivity contribution in [3.8, 4) is 0 Å². The van der Waals surface area contributed by atoms with Crippen molar-refractivity contribution in [2.75, 3.05) is 7.11 Å². The van der Waals surface area contributed by atoms with Crippen molar-refractivity contribution in [1.29, 1.82) is 0 Å². The molecule has 2 rings (SSSR count). The predicted octanol–water partition coefficient (Wildman–Crippen LogP) is 2.56. The fraction of sp³-hybridized carbons (Fsp3) is 0.125. The highest BCUT2D eigenvalue weighted by Crippen LogP contribution is 2.14. The Bertz CT molecular complexity index is 689. The maximum Gasteiger partial charge on any atom is 0.271 e. The highest BCUT2D eigenvalue weighted by Gasteiger charge is 2.11. The van der Waals surface area contributed by atoms with Gasteiger partial charge in [-0.3, -0.25) is 20.4 Å². The molecule has 0 heterocycles. The zero-order valence-electron chi connectivity index (χ0n) is 11.9. The maximum atomic E-state index is 12.0. The molecule has 2 N–H and O–H groups in total. The molecule has 2 aromatic rings. The molecule has 0 spiro atoms. The summed E-state index contributed by atoms with van der Waals surface area (Å²) in [7, 11) is 1.58. The van der Waals surface area contributed by atoms with E-state index in [0.717, 1.165) is 5.56 Å². The van der Waals surface area contributed by atoms with Crippen molar-refractivity contribution in [3.05, 3.63) is 70.2 Å². The van der Waals surface area contributed by atoms with Crippen molar-refractivity contribution in [2.45, 2.75) is 6.61 Å². The van der Waals surface area contributed by atoms with E-state index in [1.54, 1.807) is 49.6 Å². The lowest BCUT2D eigenvalue weighted by Gasteiger charge is -2.09. The first-order valence-electron chi connectivity index (χ1n) is 6.55. The minimum atomic E-state index is -0.480. The Balaban J connectivity index is 1.99. The average Bonchev–Trinajstić information content (AvgIpc) is 2.53. The quantitative estimate of drug-likeness (QED) is 0.851. The first-order chi connectivity index (χ1) is 10.6. The fourth-order valence-electron chi connectivity index (χ4n) is 1.87. The van der Waals surface area contributed by atoms with E-state index < -0.39 is 11.8 Å². The third-order valence-electron chi connectivity index (χ3n) is 2.91. The normalized spacial score (nSPS) is 10.1. The van der Waals surface area contributed by atoms with E-state index in [1.807, 2.05) is 6.07 Å². The predicted molar refractivity (Wildman–Crippen MR) is 83.5 cm³/mol. The first-order valence-corrected chi connectivity index (χ1v) is 6.92. The van der Waals surface area contributed by atoms with Crippen molar-refractivity contribution >= 4 is 23.4 Å². The summed E-state index contributed by atoms with van der Waals surface area (Å²) in [5, 5.41) is 0.316. The lowest BCUT2D eigenvalue weighted by atomic mass is 10.1. The molecule has 2 aromatic carbocycles. The Hall–Kier alpha value is -2.37. The molecule has 0 aliphatic rings. The van der Waals surface area contributed by atoms with Gasteiger partial charge in [-0.2, -0.15) is 0 Å². The summed E-state index contributed by atoms with van der Waals surface area (Å²) < 4.78 is 5.02. The Morgan fingerprint density at radius 1 is 1.05 bits per heavy atom. The highest BCUT2D eigenvalue weighted by atomic mass is 35.5. The minimum Gasteiger partial charge on any atom is -0.380 e. The Kier molecular flexibility index (Phi) is 5.52. The zero-order chi connectivity index (χ0) is 15.9. The van der Waals surface area contributed by atoms with Crippen LogP contribution in [0.3, 0.4) is 0 Å². The largest absolute Gasteiger partial charge is 0.380 e. The molecule has 0 aliphatic heterocycles. The number of ether oxygens (including phenoxy) is 1. The average molecular weight is 319 g/mol. The summed E-state index contributed by atoms with van der Waals surface area (Å²) in [6, 6.07) is 13.5. The SMILES string of the molecule is COCc1cccc(C(=O)NNC(=O)c2ccccc2Cl)c1. The van der Waals surface area contributed by atoms with E-state index in [1.165, 1.54) is 0 Å². The first kappa shape index (κ1) is 16.0. The topological polar surface area (TPSA) is 67.4 Å². The molecule has 0 radical (unpaired) electrons. The third kappa shape index (κ3) is 4.07. The van der Waals surface area contributed by atoms with Crippen LogP contribution in [0.5, 0.6) is 0 Å². The number of carbonyl (C=O) groups is 2. The van der Waals surface area contributed by atoms with Crippen LogP contribution in [0.25, 0.3) is 0 Å². The fourth-order valence-corrected chi connectivity index (χ4v) is 2.09. The molecule has 0 unspecified atom stereocenters. The molecule has 0 saturated heterocycles. The van der Waals surface area contributed by atoms with Crippen LogP contribution in [0.2, 0.25) is 5.02 Å². The van der Waals surface area contributed by atoms with E-state index in [4.69, 9.17) is 16.3 Å². The van der Waals surface area contributed by atoms with E-state index in [9.17, 15) is 9.59 Å². The van der Waals surface area contributed by atoms with Crippen molar-refractivity contribution in [2.24, 2.45) is 0 Å². The Morgan fingerprint density at radius 2 is 1.77 bits per heavy atom. The van der Waals surface area contributed by atoms with Gasteiger partial charge >= 0.3 is 0 Å². The van der Waals surface area contributed by atoms with Crippen LogP contribution < -0.4 is 10.9 Å². The summed E-state index contributed by atoms with van der Waals surface area (Å²) >= 11 is 5.92. The summed E-state index contributed by atoms with van der Waals surface area (Å²) in [4.78, 5) is 24.0. The molecule has 5 nitrogen and oxygen atoms in total. The molecule has 0 fully saturated rings. The van der Waals surface area contributed by atoms with Gasteiger partial charge in [-0.15, -0.1) is 0 Å². The third-order valence-corrected chi connectivity index (χ3v) is 3.24. The highest BCUT2D eigenvalue weighted by molar-refractivity contribution is 6.33. The van der Waals surface area contributed by atoms with Crippen LogP contribution in [0.15, 0.2) is 48.5 Å². The summed E-state index contributed by atoms with van der Waals surface area (Å²) in [5.74, 6) is -0.898. The summed E-state index contributed by atoms with van der Waals surface area (Å²) in [6.45, 7) is 0.410. The van der Waals surface area contributed by atoms with Gasteiger partial charge in [-0.05, 0) is 29.8 Å². The van der Waals surface area contributed by atoms with Crippen molar-refractivity contribution in [3.63, 3.8) is 0 Å². The number of nitrogens with one attached hydrogen (secondary N) is 2. The maximum absolute atomic E-state index is 12.0. The Morgan fingerprint density at radius 3 is 2.50 bits per heavy atom. The molecule has 22 heavy (non-hydrogen) atoms. The number of benzene rings is 2. The van der Waals surface area contributed by atoms with Crippen molar-refractivity contribution < 1.29 is 14.3 Å². The van der Waals surface area contributed by atoms with Gasteiger partial charge in [0.2, 0.25) is 0 Å². The lowest BCUT2D eigenvalue weighted by molar-refractivity contribution is 0.0846. The number of rotatable bonds is 4. The molecule has 0 bridgehead atoms. The molecule has 0 atom stereocenters. The van der Waals surface area contributed by atoms with E-state index >= 15 is 0 Å². The zero-order valence-corrected chi connectivity index (χ0v) is 12.7. The molecule has 2 amide bonds. The molecular weight excluding hydrogens is 304 g/mol. The van der Waals surface area contributed by atoms with Gasteiger partial charge < -0.3 is 4.74 Å². The number of amides is 2. The molecule has 114 valence electrons. The lowest BCUT2D eigenvalue weighted by Crippen LogP contribution is -2.41. The van der Waals surface area contributed by atoms with Crippen LogP contribution >= 0.6 is 11.6 Å². The van der Waals surface area contributed by atoms with E-state index in [-0.39, 0.29) is 5.56 Å². The number of hydrogen-bond donors (Lipinski definition) is 2. The molecule has 6 heteroatoms. The van der Waals surface area contributed by atoms with E-state index in [2.05, 4.69) is 10.9 Å². The van der Waals surface area contributed by atoms with Gasteiger partial charge in [-0.1, -0.05) is 35.9 Å². The molecule has 0 aromatic heterocycles. The molecule has 0 aliphatic carbocycles. The number of hydrazine groups is 1. The number of halogens is 1. The second-order valence-electron chi connectivity index (χ2n) is 4.52. The van der Waals surface area contributed by atoms with Gasteiger partial charge in [0.15, 0.2) is 0 Å². The summed E-state index contributed by atoms with van der Waals surface area (Å²) in [6.07, 6.45) is 0. The van der Waals surface area contributed by atoms with Crippen LogP contribution in [-0.2, 0) is 11.3 Å². The number of hydrogen-bond acceptors (Lipinski definition) is 3. The van der Waals surface area contributed by atoms with Gasteiger partial charge in [0.25, 0.3) is 11.8 Å². The monoisotopic (exact) mass is 318 g/mol. The van der Waals surface area contributed by atoms with Gasteiger partial charge in [0.1, 0.15) is 0 Å². The van der Waals surface area contributed by atoms with Crippen LogP contribution in [0, 0.1) is 0 Å². The van der Waals surface area contributed by atoms with Crippen molar-refractivity contribution in [1.82, 2.24) is 10.9 Å². The van der Waals surface area contributed by atoms with E-state index in [0.29, 0.717) is 17.2 Å². The van der Waals surface area contributed by atoms with Crippen LogP contribution in [-0.4, -0.2) is 18.9 Å². The molecule has 0 saturated carbocycles. The second kappa shape index (κ2) is 7.59. The number of carbonyl (C=O) groups excluding carboxylic acids is 2. The van der Waals surface area contributed by atoms with Gasteiger partial charge in [0.05, 0.1) is 17.2 Å². The Labute approximate surface area is 133 Å². The molecular formula is C16H15ClN2O3. The van der Waals surface area contributed by atoms with Crippen LogP contribution in [0.1, 0.15) is 26.3 Å². The van der Waals surface area contributed by atoms with Gasteiger partial charge in [-0.25, -0.2) is 0 Å². The second-order valence-corrected chi connectivity index (χ2v) is 4.93. The summed E-state index contributed by atoms with van der Waals surface area (Å²) in [5.41, 5.74) is 6.27. The standard InChI is InChI=1S/C16H15ClN2O3/c1-22-10-11-5-4-6-12(9-11)15(20)18-19-16(21)13-7-2-3-8-14(13)17/h2-9H,10H2,1H3,(H,18,20)(H,19,21). The number of methoxy groups -OCH3 is 1. The smallest absolute Gasteiger partial charge is 0.271 e. The minimum absolute atomic E-state index is 0.289. The van der Waals surface area contributed by atoms with Gasteiger partial charge in [0, 0.05) is 12.7 Å². The van der Waals surface area contributed by atoms with Crippen LogP contribution in [0.4, 0.5) is 0 Å².